The number of aliphatic imine (C=N–C) groups is 1. The first-order valence-corrected chi connectivity index (χ1v) is 4.90. The van der Waals surface area contributed by atoms with Gasteiger partial charge in [0.25, 0.3) is 0 Å². The molecule has 0 bridgehead atoms. The fourth-order valence-corrected chi connectivity index (χ4v) is 0.984. The highest BCUT2D eigenvalue weighted by atomic mass is 16.5. The van der Waals surface area contributed by atoms with Gasteiger partial charge >= 0.3 is 0 Å². The molecular formula is C9H22N4O. The number of ether oxygens (including phenoxy) is 1. The molecule has 5 nitrogen and oxygen atoms in total. The Morgan fingerprint density at radius 2 is 2.29 bits per heavy atom. The molecule has 0 aliphatic rings. The molecule has 0 aromatic heterocycles. The summed E-state index contributed by atoms with van der Waals surface area (Å²) in [7, 11) is 3.63. The predicted molar refractivity (Wildman–Crippen MR) is 59.0 cm³/mol. The Labute approximate surface area is 86.3 Å². The van der Waals surface area contributed by atoms with Crippen LogP contribution in [0, 0.1) is 0 Å². The maximum Gasteiger partial charge on any atom is 0.208 e. The molecular weight excluding hydrogens is 180 g/mol. The van der Waals surface area contributed by atoms with Crippen molar-refractivity contribution in [2.45, 2.75) is 26.3 Å². The lowest BCUT2D eigenvalue weighted by molar-refractivity contribution is 0.207. The minimum absolute atomic E-state index is 0.423. The maximum absolute atomic E-state index is 5.39. The van der Waals surface area contributed by atoms with Crippen molar-refractivity contribution in [3.8, 4) is 0 Å². The highest BCUT2D eigenvalue weighted by Crippen LogP contribution is 1.99. The van der Waals surface area contributed by atoms with E-state index in [-0.39, 0.29) is 0 Å². The largest absolute Gasteiger partial charge is 0.383 e. The van der Waals surface area contributed by atoms with Crippen molar-refractivity contribution in [2.24, 2.45) is 10.8 Å². The Bertz CT molecular complexity index is 172. The molecule has 0 aliphatic carbocycles. The lowest BCUT2D eigenvalue weighted by Crippen LogP contribution is -2.46. The Kier molecular flexibility index (Phi) is 7.14. The van der Waals surface area contributed by atoms with Crippen LogP contribution in [0.4, 0.5) is 0 Å². The fourth-order valence-electron chi connectivity index (χ4n) is 0.984. The Morgan fingerprint density at radius 1 is 1.64 bits per heavy atom. The van der Waals surface area contributed by atoms with Crippen molar-refractivity contribution in [2.75, 3.05) is 27.3 Å². The van der Waals surface area contributed by atoms with Gasteiger partial charge < -0.3 is 9.64 Å². The molecule has 0 heterocycles. The molecule has 5 heteroatoms. The number of guanidine groups is 1. The van der Waals surface area contributed by atoms with E-state index in [9.17, 15) is 0 Å². The number of nitrogens with two attached hydrogens (primary N) is 1. The molecule has 0 aliphatic heterocycles. The van der Waals surface area contributed by atoms with E-state index in [0.717, 1.165) is 6.42 Å². The summed E-state index contributed by atoms with van der Waals surface area (Å²) in [6, 6.07) is 0.423. The molecule has 0 saturated heterocycles. The normalized spacial score (nSPS) is 13.9. The van der Waals surface area contributed by atoms with Gasteiger partial charge in [-0.05, 0) is 13.3 Å². The van der Waals surface area contributed by atoms with Gasteiger partial charge in [-0.25, -0.2) is 10.8 Å². The third-order valence-electron chi connectivity index (χ3n) is 2.27. The van der Waals surface area contributed by atoms with Gasteiger partial charge in [-0.2, -0.15) is 0 Å². The van der Waals surface area contributed by atoms with E-state index in [2.05, 4.69) is 24.3 Å². The number of hydrogen-bond acceptors (Lipinski definition) is 3. The summed E-state index contributed by atoms with van der Waals surface area (Å²) >= 11 is 0. The van der Waals surface area contributed by atoms with Crippen molar-refractivity contribution in [1.82, 2.24) is 10.3 Å². The Hall–Kier alpha value is -0.810. The minimum Gasteiger partial charge on any atom is -0.383 e. The molecule has 0 spiro atoms. The fraction of sp³-hybridized carbons (Fsp3) is 0.889. The van der Waals surface area contributed by atoms with Crippen molar-refractivity contribution in [3.63, 3.8) is 0 Å². The van der Waals surface area contributed by atoms with Crippen molar-refractivity contribution in [3.05, 3.63) is 0 Å². The standard InChI is InChI=1S/C9H22N4O/c1-5-8(2)13(3)9(12-10)11-6-7-14-4/h8H,5-7,10H2,1-4H3,(H,11,12). The van der Waals surface area contributed by atoms with Crippen LogP contribution in [0.2, 0.25) is 0 Å². The van der Waals surface area contributed by atoms with Crippen LogP contribution in [0.3, 0.4) is 0 Å². The number of rotatable bonds is 5. The van der Waals surface area contributed by atoms with Crippen molar-refractivity contribution in [1.29, 1.82) is 0 Å². The third-order valence-corrected chi connectivity index (χ3v) is 2.27. The molecule has 0 saturated carbocycles. The maximum atomic E-state index is 5.39. The summed E-state index contributed by atoms with van der Waals surface area (Å²) < 4.78 is 4.91. The van der Waals surface area contributed by atoms with Crippen LogP contribution in [0.5, 0.6) is 0 Å². The summed E-state index contributed by atoms with van der Waals surface area (Å²) in [5.41, 5.74) is 2.60. The minimum atomic E-state index is 0.423. The van der Waals surface area contributed by atoms with Crippen LogP contribution >= 0.6 is 0 Å². The molecule has 0 aromatic carbocycles. The number of methoxy groups -OCH3 is 1. The van der Waals surface area contributed by atoms with Gasteiger partial charge in [0, 0.05) is 20.2 Å². The van der Waals surface area contributed by atoms with Crippen LogP contribution in [0.1, 0.15) is 20.3 Å². The highest BCUT2D eigenvalue weighted by Gasteiger charge is 2.10. The molecule has 0 radical (unpaired) electrons. The smallest absolute Gasteiger partial charge is 0.208 e. The number of hydrogen-bond donors (Lipinski definition) is 2. The van der Waals surface area contributed by atoms with E-state index in [1.165, 1.54) is 0 Å². The van der Waals surface area contributed by atoms with E-state index in [1.54, 1.807) is 7.11 Å². The second-order valence-corrected chi connectivity index (χ2v) is 3.21. The number of nitrogens with one attached hydrogen (secondary N) is 1. The van der Waals surface area contributed by atoms with E-state index in [1.807, 2.05) is 11.9 Å². The summed E-state index contributed by atoms with van der Waals surface area (Å²) in [5.74, 6) is 6.09. The summed E-state index contributed by atoms with van der Waals surface area (Å²) in [6.07, 6.45) is 1.06. The van der Waals surface area contributed by atoms with Gasteiger partial charge in [-0.1, -0.05) is 6.92 Å². The van der Waals surface area contributed by atoms with Crippen molar-refractivity contribution >= 4 is 5.96 Å². The Morgan fingerprint density at radius 3 is 2.71 bits per heavy atom. The summed E-state index contributed by atoms with van der Waals surface area (Å²) in [5, 5.41) is 0. The van der Waals surface area contributed by atoms with Gasteiger partial charge in [0.2, 0.25) is 5.96 Å². The highest BCUT2D eigenvalue weighted by molar-refractivity contribution is 5.79. The monoisotopic (exact) mass is 202 g/mol. The number of hydrazine groups is 1. The first-order valence-electron chi connectivity index (χ1n) is 4.90. The van der Waals surface area contributed by atoms with Crippen LogP contribution < -0.4 is 11.3 Å². The van der Waals surface area contributed by atoms with E-state index in [0.29, 0.717) is 25.2 Å². The first-order chi connectivity index (χ1) is 6.67. The predicted octanol–water partition coefficient (Wildman–Crippen LogP) is 0.182. The molecule has 0 rings (SSSR count). The average Bonchev–Trinajstić information content (AvgIpc) is 2.22. The molecule has 0 fully saturated rings. The molecule has 1 unspecified atom stereocenters. The molecule has 1 atom stereocenters. The van der Waals surface area contributed by atoms with Gasteiger partial charge in [-0.15, -0.1) is 0 Å². The molecule has 14 heavy (non-hydrogen) atoms. The Balaban J connectivity index is 4.16. The zero-order chi connectivity index (χ0) is 11.0. The lowest BCUT2D eigenvalue weighted by atomic mass is 10.2. The average molecular weight is 202 g/mol. The second-order valence-electron chi connectivity index (χ2n) is 3.21. The lowest BCUT2D eigenvalue weighted by Gasteiger charge is -2.26. The molecule has 84 valence electrons. The van der Waals surface area contributed by atoms with Crippen LogP contribution in [0.15, 0.2) is 4.99 Å². The van der Waals surface area contributed by atoms with E-state index < -0.39 is 0 Å². The topological polar surface area (TPSA) is 62.9 Å². The van der Waals surface area contributed by atoms with Crippen molar-refractivity contribution < 1.29 is 4.74 Å². The van der Waals surface area contributed by atoms with Gasteiger partial charge in [0.15, 0.2) is 0 Å². The zero-order valence-electron chi connectivity index (χ0n) is 9.58. The number of nitrogens with zero attached hydrogens (tertiary/aromatic N) is 2. The first kappa shape index (κ1) is 13.2. The third kappa shape index (κ3) is 4.43. The quantitative estimate of drug-likeness (QED) is 0.219. The van der Waals surface area contributed by atoms with Gasteiger partial charge in [0.1, 0.15) is 0 Å². The van der Waals surface area contributed by atoms with Gasteiger partial charge in [0.05, 0.1) is 13.2 Å². The molecule has 0 amide bonds. The van der Waals surface area contributed by atoms with E-state index in [4.69, 9.17) is 10.6 Å². The molecule has 3 N–H and O–H groups in total. The summed E-state index contributed by atoms with van der Waals surface area (Å²) in [6.45, 7) is 5.49. The zero-order valence-corrected chi connectivity index (χ0v) is 9.58. The molecule has 0 aromatic rings. The second kappa shape index (κ2) is 7.58. The van der Waals surface area contributed by atoms with Crippen LogP contribution in [-0.4, -0.2) is 44.2 Å². The van der Waals surface area contributed by atoms with Crippen LogP contribution in [0.25, 0.3) is 0 Å². The van der Waals surface area contributed by atoms with Gasteiger partial charge in [-0.3, -0.25) is 5.43 Å². The van der Waals surface area contributed by atoms with E-state index >= 15 is 0 Å². The van der Waals surface area contributed by atoms with Crippen LogP contribution in [-0.2, 0) is 4.74 Å². The SMILES string of the molecule is CCC(C)N(C)C(=NCCOC)NN. The summed E-state index contributed by atoms with van der Waals surface area (Å²) in [4.78, 5) is 6.31.